The molecule has 0 saturated carbocycles. The first-order chi connectivity index (χ1) is 17.5. The van der Waals surface area contributed by atoms with Gasteiger partial charge in [-0.05, 0) is 50.7 Å². The van der Waals surface area contributed by atoms with Crippen LogP contribution >= 0.6 is 0 Å². The number of aromatic nitrogens is 3. The summed E-state index contributed by atoms with van der Waals surface area (Å²) in [4.78, 5) is 25.1. The first-order valence-electron chi connectivity index (χ1n) is 12.9. The van der Waals surface area contributed by atoms with E-state index in [-0.39, 0.29) is 17.7 Å². The molecule has 3 aromatic rings. The molecule has 37 heavy (non-hydrogen) atoms. The van der Waals surface area contributed by atoms with Gasteiger partial charge in [0, 0.05) is 57.7 Å². The van der Waals surface area contributed by atoms with Gasteiger partial charge < -0.3 is 14.7 Å². The fraction of sp³-hybridized carbons (Fsp3) is 0.519. The third-order valence-corrected chi connectivity index (χ3v) is 8.23. The minimum atomic E-state index is -3.29. The van der Waals surface area contributed by atoms with Crippen molar-refractivity contribution in [3.8, 4) is 0 Å². The maximum atomic E-state index is 14.0. The Bertz CT molecular complexity index is 1460. The molecule has 0 aliphatic carbocycles. The summed E-state index contributed by atoms with van der Waals surface area (Å²) in [6.45, 7) is 3.49. The highest BCUT2D eigenvalue weighted by molar-refractivity contribution is 7.89. The second kappa shape index (κ2) is 9.63. The number of anilines is 2. The molecule has 4 heterocycles. The Kier molecular flexibility index (Phi) is 6.64. The van der Waals surface area contributed by atoms with E-state index in [1.54, 1.807) is 6.07 Å². The van der Waals surface area contributed by atoms with Crippen molar-refractivity contribution in [1.82, 2.24) is 19.5 Å². The third kappa shape index (κ3) is 4.91. The number of fused-ring (bicyclic) bond motifs is 3. The number of amides is 1. The molecule has 5 rings (SSSR count). The molecule has 0 spiro atoms. The summed E-state index contributed by atoms with van der Waals surface area (Å²) in [5.74, 6) is 1.73. The van der Waals surface area contributed by atoms with E-state index < -0.39 is 9.84 Å². The van der Waals surface area contributed by atoms with E-state index >= 15 is 0 Å². The molecule has 1 aromatic carbocycles. The van der Waals surface area contributed by atoms with Crippen LogP contribution < -0.4 is 9.80 Å². The average molecular weight is 525 g/mol. The second-order valence-corrected chi connectivity index (χ2v) is 12.9. The van der Waals surface area contributed by atoms with Gasteiger partial charge in [0.25, 0.3) is 5.91 Å². The van der Waals surface area contributed by atoms with Gasteiger partial charge in [-0.3, -0.25) is 4.79 Å². The molecule has 2 aliphatic heterocycles. The van der Waals surface area contributed by atoms with Crippen LogP contribution in [0.3, 0.4) is 0 Å². The molecule has 0 N–H and O–H groups in total. The Morgan fingerprint density at radius 1 is 1.14 bits per heavy atom. The van der Waals surface area contributed by atoms with Gasteiger partial charge in [-0.15, -0.1) is 0 Å². The lowest BCUT2D eigenvalue weighted by molar-refractivity contribution is 0.0605. The lowest BCUT2D eigenvalue weighted by Gasteiger charge is -2.35. The maximum absolute atomic E-state index is 14.0. The standard InChI is InChI=1S/C27H36N6O3S/c1-18-11-12-19(17-37(5,35)36)21(15-18)27(34)32-14-7-6-10-23(32)22-16-24-28-25(30(2)3)20-9-8-13-31(4)26(20)33(24)29-22/h11-12,15-16,23H,6-10,13-14,17H2,1-5H3. The number of benzene rings is 1. The first-order valence-corrected chi connectivity index (χ1v) is 15.0. The highest BCUT2D eigenvalue weighted by Gasteiger charge is 2.33. The summed E-state index contributed by atoms with van der Waals surface area (Å²) in [7, 11) is 2.84. The zero-order chi connectivity index (χ0) is 26.5. The summed E-state index contributed by atoms with van der Waals surface area (Å²) in [5.41, 5.74) is 4.74. The summed E-state index contributed by atoms with van der Waals surface area (Å²) in [6, 6.07) is 7.26. The number of aryl methyl sites for hydroxylation is 1. The molecule has 10 heteroatoms. The van der Waals surface area contributed by atoms with Crippen LogP contribution in [0.5, 0.6) is 0 Å². The van der Waals surface area contributed by atoms with Crippen LogP contribution in [0.1, 0.15) is 64.5 Å². The number of carbonyl (C=O) groups excluding carboxylic acids is 1. The van der Waals surface area contributed by atoms with Crippen molar-refractivity contribution < 1.29 is 13.2 Å². The van der Waals surface area contributed by atoms with Gasteiger partial charge in [0.2, 0.25) is 0 Å². The zero-order valence-electron chi connectivity index (χ0n) is 22.4. The normalized spacial score (nSPS) is 18.2. The van der Waals surface area contributed by atoms with Gasteiger partial charge in [-0.1, -0.05) is 17.7 Å². The van der Waals surface area contributed by atoms with E-state index in [2.05, 4.69) is 16.8 Å². The minimum Gasteiger partial charge on any atom is -0.362 e. The van der Waals surface area contributed by atoms with Crippen molar-refractivity contribution in [1.29, 1.82) is 0 Å². The predicted molar refractivity (Wildman–Crippen MR) is 146 cm³/mol. The molecule has 1 amide bonds. The van der Waals surface area contributed by atoms with Crippen molar-refractivity contribution in [2.24, 2.45) is 0 Å². The Hall–Kier alpha value is -3.14. The fourth-order valence-corrected chi connectivity index (χ4v) is 6.53. The molecule has 2 aromatic heterocycles. The van der Waals surface area contributed by atoms with Crippen LogP contribution in [0.4, 0.5) is 11.6 Å². The molecule has 2 aliphatic rings. The monoisotopic (exact) mass is 524 g/mol. The van der Waals surface area contributed by atoms with Gasteiger partial charge >= 0.3 is 0 Å². The van der Waals surface area contributed by atoms with Crippen LogP contribution in [-0.2, 0) is 22.0 Å². The first kappa shape index (κ1) is 25.5. The molecule has 198 valence electrons. The number of likely N-dealkylation sites (tertiary alicyclic amines) is 1. The van der Waals surface area contributed by atoms with Crippen LogP contribution in [0.2, 0.25) is 0 Å². The Morgan fingerprint density at radius 2 is 1.92 bits per heavy atom. The number of piperidine rings is 1. The van der Waals surface area contributed by atoms with Gasteiger partial charge in [0.15, 0.2) is 15.5 Å². The molecule has 0 radical (unpaired) electrons. The minimum absolute atomic E-state index is 0.134. The topological polar surface area (TPSA) is 91.1 Å². The Morgan fingerprint density at radius 3 is 2.65 bits per heavy atom. The summed E-state index contributed by atoms with van der Waals surface area (Å²) < 4.78 is 26.1. The van der Waals surface area contributed by atoms with Crippen molar-refractivity contribution >= 4 is 33.0 Å². The Labute approximate surface area is 219 Å². The van der Waals surface area contributed by atoms with E-state index in [1.165, 1.54) is 11.8 Å². The largest absolute Gasteiger partial charge is 0.362 e. The summed E-state index contributed by atoms with van der Waals surface area (Å²) in [5, 5.41) is 5.03. The second-order valence-electron chi connectivity index (χ2n) is 10.7. The van der Waals surface area contributed by atoms with Crippen molar-refractivity contribution in [3.63, 3.8) is 0 Å². The van der Waals surface area contributed by atoms with Crippen LogP contribution in [-0.4, -0.2) is 74.3 Å². The van der Waals surface area contributed by atoms with Gasteiger partial charge in [-0.2, -0.15) is 9.61 Å². The number of hydrogen-bond donors (Lipinski definition) is 0. The SMILES string of the molecule is Cc1ccc(CS(C)(=O)=O)c(C(=O)N2CCCCC2c2cc3nc(N(C)C)c4c(n3n2)N(C)CCC4)c1. The quantitative estimate of drug-likeness (QED) is 0.505. The van der Waals surface area contributed by atoms with Crippen LogP contribution in [0.15, 0.2) is 24.3 Å². The number of carbonyl (C=O) groups is 1. The molecule has 1 saturated heterocycles. The number of rotatable bonds is 5. The Balaban J connectivity index is 1.58. The highest BCUT2D eigenvalue weighted by atomic mass is 32.2. The average Bonchev–Trinajstić information content (AvgIpc) is 3.27. The third-order valence-electron chi connectivity index (χ3n) is 7.39. The van der Waals surface area contributed by atoms with E-state index in [0.29, 0.717) is 17.7 Å². The highest BCUT2D eigenvalue weighted by Crippen LogP contribution is 2.37. The van der Waals surface area contributed by atoms with Gasteiger partial charge in [0.05, 0.1) is 17.5 Å². The van der Waals surface area contributed by atoms with Gasteiger partial charge in [0.1, 0.15) is 11.6 Å². The lowest BCUT2D eigenvalue weighted by Crippen LogP contribution is -2.39. The molecule has 9 nitrogen and oxygen atoms in total. The van der Waals surface area contributed by atoms with E-state index in [0.717, 1.165) is 67.2 Å². The van der Waals surface area contributed by atoms with Crippen LogP contribution in [0, 0.1) is 6.92 Å². The summed E-state index contributed by atoms with van der Waals surface area (Å²) >= 11 is 0. The van der Waals surface area contributed by atoms with Crippen LogP contribution in [0.25, 0.3) is 5.65 Å². The molecular weight excluding hydrogens is 488 g/mol. The van der Waals surface area contributed by atoms with E-state index in [9.17, 15) is 13.2 Å². The maximum Gasteiger partial charge on any atom is 0.254 e. The molecule has 1 atom stereocenters. The molecule has 1 unspecified atom stereocenters. The zero-order valence-corrected chi connectivity index (χ0v) is 23.2. The number of nitrogens with zero attached hydrogens (tertiary/aromatic N) is 6. The van der Waals surface area contributed by atoms with Crippen molar-refractivity contribution in [2.45, 2.75) is 50.8 Å². The smallest absolute Gasteiger partial charge is 0.254 e. The van der Waals surface area contributed by atoms with Crippen molar-refractivity contribution in [3.05, 3.63) is 52.2 Å². The van der Waals surface area contributed by atoms with Gasteiger partial charge in [-0.25, -0.2) is 13.4 Å². The fourth-order valence-electron chi connectivity index (χ4n) is 5.71. The number of hydrogen-bond acceptors (Lipinski definition) is 7. The molecule has 1 fully saturated rings. The predicted octanol–water partition coefficient (Wildman–Crippen LogP) is 3.40. The van der Waals surface area contributed by atoms with E-state index in [4.69, 9.17) is 10.1 Å². The molecular formula is C27H36N6O3S. The summed E-state index contributed by atoms with van der Waals surface area (Å²) in [6.07, 6.45) is 5.94. The molecule has 0 bridgehead atoms. The van der Waals surface area contributed by atoms with E-state index in [1.807, 2.05) is 48.6 Å². The number of sulfone groups is 1. The van der Waals surface area contributed by atoms with Crippen molar-refractivity contribution in [2.75, 3.05) is 50.3 Å². The lowest BCUT2D eigenvalue weighted by atomic mass is 9.96.